The standard InChI is InChI=1S/C16H18BrFN4O2S/c17-13-3-2-12(15(18)10-13)11-25(23,24)21-14-4-8-22(9-5-14)16-19-6-1-7-20-16/h1-3,6-7,10,14,21H,4-5,8-9,11H2. The summed E-state index contributed by atoms with van der Waals surface area (Å²) in [6.07, 6.45) is 4.67. The maximum absolute atomic E-state index is 13.9. The Balaban J connectivity index is 1.57. The fourth-order valence-corrected chi connectivity index (χ4v) is 4.59. The predicted octanol–water partition coefficient (Wildman–Crippen LogP) is 2.47. The van der Waals surface area contributed by atoms with E-state index in [4.69, 9.17) is 0 Å². The Kier molecular flexibility index (Phi) is 5.65. The minimum absolute atomic E-state index is 0.158. The van der Waals surface area contributed by atoms with Gasteiger partial charge in [-0.25, -0.2) is 27.5 Å². The van der Waals surface area contributed by atoms with Gasteiger partial charge in [-0.3, -0.25) is 0 Å². The van der Waals surface area contributed by atoms with Crippen LogP contribution >= 0.6 is 15.9 Å². The lowest BCUT2D eigenvalue weighted by Gasteiger charge is -2.32. The van der Waals surface area contributed by atoms with Gasteiger partial charge in [0.15, 0.2) is 0 Å². The molecule has 0 amide bonds. The van der Waals surface area contributed by atoms with E-state index in [-0.39, 0.29) is 17.4 Å². The Bertz CT molecular complexity index is 827. The number of piperidine rings is 1. The third kappa shape index (κ3) is 4.96. The summed E-state index contributed by atoms with van der Waals surface area (Å²) in [5, 5.41) is 0. The van der Waals surface area contributed by atoms with Gasteiger partial charge < -0.3 is 4.90 Å². The number of nitrogens with one attached hydrogen (secondary N) is 1. The van der Waals surface area contributed by atoms with Crippen LogP contribution < -0.4 is 9.62 Å². The fraction of sp³-hybridized carbons (Fsp3) is 0.375. The second kappa shape index (κ2) is 7.76. The third-order valence-corrected chi connectivity index (χ3v) is 5.91. The first-order chi connectivity index (χ1) is 11.9. The highest BCUT2D eigenvalue weighted by Crippen LogP contribution is 2.19. The molecule has 1 N–H and O–H groups in total. The molecular formula is C16H18BrFN4O2S. The molecule has 1 aromatic carbocycles. The zero-order chi connectivity index (χ0) is 17.9. The molecule has 0 radical (unpaired) electrons. The molecule has 0 spiro atoms. The Morgan fingerprint density at radius 3 is 2.56 bits per heavy atom. The number of benzene rings is 1. The zero-order valence-electron chi connectivity index (χ0n) is 13.4. The Hall–Kier alpha value is -1.58. The van der Waals surface area contributed by atoms with Crippen molar-refractivity contribution < 1.29 is 12.8 Å². The Labute approximate surface area is 154 Å². The number of aromatic nitrogens is 2. The second-order valence-corrected chi connectivity index (χ2v) is 8.59. The summed E-state index contributed by atoms with van der Waals surface area (Å²) >= 11 is 3.16. The van der Waals surface area contributed by atoms with Crippen molar-refractivity contribution in [1.82, 2.24) is 14.7 Å². The summed E-state index contributed by atoms with van der Waals surface area (Å²) < 4.78 is 41.8. The zero-order valence-corrected chi connectivity index (χ0v) is 15.8. The molecule has 9 heteroatoms. The topological polar surface area (TPSA) is 75.2 Å². The van der Waals surface area contributed by atoms with Crippen LogP contribution in [0.15, 0.2) is 41.1 Å². The van der Waals surface area contributed by atoms with Crippen LogP contribution in [0.5, 0.6) is 0 Å². The minimum atomic E-state index is -3.61. The molecule has 0 unspecified atom stereocenters. The molecule has 1 saturated heterocycles. The van der Waals surface area contributed by atoms with Crippen LogP contribution in [0.1, 0.15) is 18.4 Å². The average Bonchev–Trinajstić information content (AvgIpc) is 2.58. The molecule has 1 fully saturated rings. The van der Waals surface area contributed by atoms with Crippen LogP contribution in [0.25, 0.3) is 0 Å². The van der Waals surface area contributed by atoms with Gasteiger partial charge in [0.1, 0.15) is 5.82 Å². The van der Waals surface area contributed by atoms with Crippen LogP contribution in [-0.4, -0.2) is 37.5 Å². The molecule has 0 atom stereocenters. The van der Waals surface area contributed by atoms with E-state index < -0.39 is 15.8 Å². The SMILES string of the molecule is O=S(=O)(Cc1ccc(Br)cc1F)NC1CCN(c2ncccn2)CC1. The highest BCUT2D eigenvalue weighted by molar-refractivity contribution is 9.10. The number of rotatable bonds is 5. The van der Waals surface area contributed by atoms with Crippen molar-refractivity contribution in [2.75, 3.05) is 18.0 Å². The second-order valence-electron chi connectivity index (χ2n) is 5.92. The van der Waals surface area contributed by atoms with E-state index in [9.17, 15) is 12.8 Å². The van der Waals surface area contributed by atoms with Gasteiger partial charge in [0, 0.05) is 41.6 Å². The van der Waals surface area contributed by atoms with Crippen LogP contribution in [0, 0.1) is 5.82 Å². The molecule has 1 aromatic heterocycles. The molecule has 2 aromatic rings. The first-order valence-corrected chi connectivity index (χ1v) is 10.3. The normalized spacial score (nSPS) is 16.2. The van der Waals surface area contributed by atoms with Crippen molar-refractivity contribution in [3.05, 3.63) is 52.5 Å². The quantitative estimate of drug-likeness (QED) is 0.791. The predicted molar refractivity (Wildman–Crippen MR) is 97.1 cm³/mol. The lowest BCUT2D eigenvalue weighted by atomic mass is 10.1. The molecule has 25 heavy (non-hydrogen) atoms. The van der Waals surface area contributed by atoms with Gasteiger partial charge in [0.2, 0.25) is 16.0 Å². The van der Waals surface area contributed by atoms with Crippen LogP contribution in [0.3, 0.4) is 0 Å². The van der Waals surface area contributed by atoms with Gasteiger partial charge in [-0.15, -0.1) is 0 Å². The van der Waals surface area contributed by atoms with E-state index >= 15 is 0 Å². The highest BCUT2D eigenvalue weighted by Gasteiger charge is 2.25. The number of halogens is 2. The van der Waals surface area contributed by atoms with Crippen molar-refractivity contribution in [2.45, 2.75) is 24.6 Å². The molecule has 1 aliphatic rings. The molecular weight excluding hydrogens is 411 g/mol. The van der Waals surface area contributed by atoms with Gasteiger partial charge in [0.25, 0.3) is 0 Å². The molecule has 0 saturated carbocycles. The van der Waals surface area contributed by atoms with Gasteiger partial charge in [-0.1, -0.05) is 22.0 Å². The summed E-state index contributed by atoms with van der Waals surface area (Å²) in [5.41, 5.74) is 0.158. The molecule has 1 aliphatic heterocycles. The van der Waals surface area contributed by atoms with Crippen LogP contribution in [-0.2, 0) is 15.8 Å². The van der Waals surface area contributed by atoms with E-state index in [1.54, 1.807) is 24.5 Å². The van der Waals surface area contributed by atoms with Crippen molar-refractivity contribution in [3.63, 3.8) is 0 Å². The first kappa shape index (κ1) is 18.2. The summed E-state index contributed by atoms with van der Waals surface area (Å²) in [6, 6.07) is 5.97. The maximum atomic E-state index is 13.9. The third-order valence-electron chi connectivity index (χ3n) is 4.04. The van der Waals surface area contributed by atoms with Gasteiger partial charge >= 0.3 is 0 Å². The van der Waals surface area contributed by atoms with E-state index in [0.717, 1.165) is 0 Å². The van der Waals surface area contributed by atoms with Crippen molar-refractivity contribution in [1.29, 1.82) is 0 Å². The molecule has 6 nitrogen and oxygen atoms in total. The van der Waals surface area contributed by atoms with Crippen LogP contribution in [0.4, 0.5) is 10.3 Å². The van der Waals surface area contributed by atoms with E-state index in [2.05, 4.69) is 30.6 Å². The largest absolute Gasteiger partial charge is 0.341 e. The summed E-state index contributed by atoms with van der Waals surface area (Å²) in [5.74, 6) is -0.245. The van der Waals surface area contributed by atoms with E-state index in [1.807, 2.05) is 4.90 Å². The number of hydrogen-bond donors (Lipinski definition) is 1. The molecule has 134 valence electrons. The van der Waals surface area contributed by atoms with Crippen molar-refractivity contribution in [3.8, 4) is 0 Å². The molecule has 3 rings (SSSR count). The monoisotopic (exact) mass is 428 g/mol. The molecule has 2 heterocycles. The first-order valence-electron chi connectivity index (χ1n) is 7.89. The average molecular weight is 429 g/mol. The molecule has 0 bridgehead atoms. The summed E-state index contributed by atoms with van der Waals surface area (Å²) in [6.45, 7) is 1.34. The van der Waals surface area contributed by atoms with E-state index in [0.29, 0.717) is 36.4 Å². The smallest absolute Gasteiger partial charge is 0.225 e. The number of anilines is 1. The fourth-order valence-electron chi connectivity index (χ4n) is 2.79. The number of sulfonamides is 1. The highest BCUT2D eigenvalue weighted by atomic mass is 79.9. The Morgan fingerprint density at radius 2 is 1.92 bits per heavy atom. The molecule has 0 aliphatic carbocycles. The van der Waals surface area contributed by atoms with Gasteiger partial charge in [-0.05, 0) is 31.0 Å². The van der Waals surface area contributed by atoms with E-state index in [1.165, 1.54) is 12.1 Å². The van der Waals surface area contributed by atoms with Crippen molar-refractivity contribution in [2.24, 2.45) is 0 Å². The number of hydrogen-bond acceptors (Lipinski definition) is 5. The lowest BCUT2D eigenvalue weighted by molar-refractivity contribution is 0.456. The van der Waals surface area contributed by atoms with Gasteiger partial charge in [-0.2, -0.15) is 0 Å². The lowest BCUT2D eigenvalue weighted by Crippen LogP contribution is -2.45. The van der Waals surface area contributed by atoms with Crippen LogP contribution in [0.2, 0.25) is 0 Å². The Morgan fingerprint density at radius 1 is 1.24 bits per heavy atom. The summed E-state index contributed by atoms with van der Waals surface area (Å²) in [7, 11) is -3.61. The summed E-state index contributed by atoms with van der Waals surface area (Å²) in [4.78, 5) is 10.4. The maximum Gasteiger partial charge on any atom is 0.225 e. The van der Waals surface area contributed by atoms with Gasteiger partial charge in [0.05, 0.1) is 5.75 Å². The minimum Gasteiger partial charge on any atom is -0.341 e. The van der Waals surface area contributed by atoms with Crippen molar-refractivity contribution >= 4 is 31.9 Å². The number of nitrogens with zero attached hydrogens (tertiary/aromatic N) is 3.